The fourth-order valence-corrected chi connectivity index (χ4v) is 5.99. The lowest BCUT2D eigenvalue weighted by Gasteiger charge is -2.40. The second-order valence-corrected chi connectivity index (χ2v) is 9.72. The molecule has 1 amide bonds. The van der Waals surface area contributed by atoms with Crippen molar-refractivity contribution in [1.29, 1.82) is 0 Å². The average Bonchev–Trinajstić information content (AvgIpc) is 3.01. The van der Waals surface area contributed by atoms with Gasteiger partial charge in [0.2, 0.25) is 0 Å². The van der Waals surface area contributed by atoms with Crippen molar-refractivity contribution in [3.8, 4) is 0 Å². The number of piperazine rings is 1. The highest BCUT2D eigenvalue weighted by Crippen LogP contribution is 2.43. The van der Waals surface area contributed by atoms with Crippen molar-refractivity contribution >= 4 is 11.9 Å². The van der Waals surface area contributed by atoms with Gasteiger partial charge in [-0.05, 0) is 58.4 Å². The molecule has 6 heteroatoms. The molecule has 0 radical (unpaired) electrons. The van der Waals surface area contributed by atoms with E-state index in [4.69, 9.17) is 4.74 Å². The second-order valence-electron chi connectivity index (χ2n) is 9.72. The summed E-state index contributed by atoms with van der Waals surface area (Å²) < 4.78 is 5.71. The number of nitrogens with zero attached hydrogens (tertiary/aromatic N) is 2. The van der Waals surface area contributed by atoms with E-state index in [0.29, 0.717) is 17.7 Å². The minimum absolute atomic E-state index is 0.0950. The maximum absolute atomic E-state index is 12.9. The Bertz CT molecular complexity index is 655. The van der Waals surface area contributed by atoms with Crippen LogP contribution in [0.4, 0.5) is 0 Å². The van der Waals surface area contributed by atoms with Crippen LogP contribution in [0, 0.1) is 0 Å². The van der Waals surface area contributed by atoms with Gasteiger partial charge in [0.15, 0.2) is 0 Å². The molecule has 30 heavy (non-hydrogen) atoms. The van der Waals surface area contributed by atoms with Gasteiger partial charge in [-0.1, -0.05) is 25.7 Å². The summed E-state index contributed by atoms with van der Waals surface area (Å²) >= 11 is 0. The van der Waals surface area contributed by atoms with Crippen molar-refractivity contribution in [3.63, 3.8) is 0 Å². The van der Waals surface area contributed by atoms with Crippen LogP contribution in [0.5, 0.6) is 0 Å². The minimum Gasteiger partial charge on any atom is -0.451 e. The minimum atomic E-state index is -0.654. The van der Waals surface area contributed by atoms with E-state index >= 15 is 0 Å². The van der Waals surface area contributed by atoms with Crippen molar-refractivity contribution in [2.75, 3.05) is 39.3 Å². The van der Waals surface area contributed by atoms with Crippen molar-refractivity contribution in [3.05, 3.63) is 11.1 Å². The molecule has 0 aromatic rings. The lowest BCUT2D eigenvalue weighted by Crippen LogP contribution is -2.51. The van der Waals surface area contributed by atoms with Crippen molar-refractivity contribution < 1.29 is 14.3 Å². The third kappa shape index (κ3) is 4.75. The van der Waals surface area contributed by atoms with Crippen LogP contribution < -0.4 is 5.32 Å². The standard InChI is InChI=1S/C24H39N3O3/c1-19-21(24(30-23(19)29)11-6-3-7-12-24)22(28)25-13-8-14-26-15-17-27(18-16-26)20-9-4-2-5-10-20/h20H,2-18H2,1H3,(H,25,28). The first-order valence-electron chi connectivity index (χ1n) is 12.3. The molecule has 6 nitrogen and oxygen atoms in total. The van der Waals surface area contributed by atoms with E-state index in [-0.39, 0.29) is 11.9 Å². The third-order valence-corrected chi connectivity index (χ3v) is 7.75. The number of hydrogen-bond donors (Lipinski definition) is 1. The quantitative estimate of drug-likeness (QED) is 0.532. The summed E-state index contributed by atoms with van der Waals surface area (Å²) in [6.45, 7) is 8.07. The lowest BCUT2D eigenvalue weighted by molar-refractivity contribution is -0.149. The highest BCUT2D eigenvalue weighted by molar-refractivity contribution is 6.07. The highest BCUT2D eigenvalue weighted by Gasteiger charge is 2.49. The van der Waals surface area contributed by atoms with Gasteiger partial charge in [-0.2, -0.15) is 0 Å². The second kappa shape index (κ2) is 9.82. The van der Waals surface area contributed by atoms with E-state index in [9.17, 15) is 9.59 Å². The third-order valence-electron chi connectivity index (χ3n) is 7.75. The molecule has 2 aliphatic heterocycles. The van der Waals surface area contributed by atoms with Gasteiger partial charge in [-0.3, -0.25) is 9.69 Å². The Hall–Kier alpha value is -1.40. The Morgan fingerprint density at radius 3 is 2.40 bits per heavy atom. The molecule has 0 atom stereocenters. The first-order chi connectivity index (χ1) is 14.6. The molecule has 0 bridgehead atoms. The van der Waals surface area contributed by atoms with E-state index in [1.54, 1.807) is 6.92 Å². The van der Waals surface area contributed by atoms with Gasteiger partial charge in [-0.15, -0.1) is 0 Å². The maximum Gasteiger partial charge on any atom is 0.335 e. The van der Waals surface area contributed by atoms with Crippen LogP contribution in [0.25, 0.3) is 0 Å². The van der Waals surface area contributed by atoms with Gasteiger partial charge in [0, 0.05) is 44.3 Å². The Morgan fingerprint density at radius 1 is 1.03 bits per heavy atom. The monoisotopic (exact) mass is 417 g/mol. The van der Waals surface area contributed by atoms with E-state index in [2.05, 4.69) is 15.1 Å². The van der Waals surface area contributed by atoms with Gasteiger partial charge in [0.05, 0.1) is 5.57 Å². The summed E-state index contributed by atoms with van der Waals surface area (Å²) in [6, 6.07) is 0.820. The molecule has 1 spiro atoms. The molecule has 4 rings (SSSR count). The number of rotatable bonds is 6. The van der Waals surface area contributed by atoms with Crippen LogP contribution in [0.2, 0.25) is 0 Å². The number of nitrogens with one attached hydrogen (secondary N) is 1. The molecule has 2 heterocycles. The van der Waals surface area contributed by atoms with E-state index in [0.717, 1.165) is 64.2 Å². The molecule has 1 N–H and O–H groups in total. The smallest absolute Gasteiger partial charge is 0.335 e. The molecule has 2 saturated carbocycles. The molecular formula is C24H39N3O3. The predicted molar refractivity (Wildman–Crippen MR) is 117 cm³/mol. The van der Waals surface area contributed by atoms with Crippen LogP contribution in [0.1, 0.15) is 77.6 Å². The first-order valence-corrected chi connectivity index (χ1v) is 12.3. The number of carbonyl (C=O) groups is 2. The van der Waals surface area contributed by atoms with Crippen molar-refractivity contribution in [1.82, 2.24) is 15.1 Å². The number of ether oxygens (including phenoxy) is 1. The van der Waals surface area contributed by atoms with Crippen molar-refractivity contribution in [2.24, 2.45) is 0 Å². The molecule has 4 aliphatic rings. The zero-order valence-electron chi connectivity index (χ0n) is 18.7. The fraction of sp³-hybridized carbons (Fsp3) is 0.833. The molecule has 0 aromatic heterocycles. The molecule has 0 aromatic carbocycles. The summed E-state index contributed by atoms with van der Waals surface area (Å²) in [5, 5.41) is 3.08. The Kier molecular flexibility index (Phi) is 7.14. The number of hydrogen-bond acceptors (Lipinski definition) is 5. The Labute approximate surface area is 181 Å². The van der Waals surface area contributed by atoms with Crippen LogP contribution in [-0.2, 0) is 14.3 Å². The van der Waals surface area contributed by atoms with Crippen LogP contribution >= 0.6 is 0 Å². The molecule has 0 unspecified atom stereocenters. The zero-order valence-corrected chi connectivity index (χ0v) is 18.7. The molecule has 2 aliphatic carbocycles. The molecule has 168 valence electrons. The summed E-state index contributed by atoms with van der Waals surface area (Å²) in [5.41, 5.74) is 0.459. The number of amides is 1. The topological polar surface area (TPSA) is 61.9 Å². The zero-order chi connectivity index (χ0) is 21.0. The van der Waals surface area contributed by atoms with Gasteiger partial charge >= 0.3 is 5.97 Å². The van der Waals surface area contributed by atoms with E-state index in [1.807, 2.05) is 0 Å². The summed E-state index contributed by atoms with van der Waals surface area (Å²) in [5.74, 6) is -0.403. The van der Waals surface area contributed by atoms with Crippen LogP contribution in [-0.4, -0.2) is 72.6 Å². The van der Waals surface area contributed by atoms with Gasteiger partial charge in [-0.25, -0.2) is 4.79 Å². The first kappa shape index (κ1) is 21.8. The highest BCUT2D eigenvalue weighted by atomic mass is 16.6. The predicted octanol–water partition coefficient (Wildman–Crippen LogP) is 3.02. The lowest BCUT2D eigenvalue weighted by atomic mass is 9.78. The number of esters is 1. The van der Waals surface area contributed by atoms with E-state index in [1.165, 1.54) is 45.2 Å². The molecule has 3 fully saturated rings. The summed E-state index contributed by atoms with van der Waals surface area (Å²) in [4.78, 5) is 30.3. The number of carbonyl (C=O) groups excluding carboxylic acids is 2. The van der Waals surface area contributed by atoms with Crippen molar-refractivity contribution in [2.45, 2.75) is 89.2 Å². The Morgan fingerprint density at radius 2 is 1.70 bits per heavy atom. The maximum atomic E-state index is 12.9. The normalized spacial score (nSPS) is 26.2. The Balaban J connectivity index is 1.19. The average molecular weight is 418 g/mol. The van der Waals surface area contributed by atoms with E-state index < -0.39 is 5.60 Å². The van der Waals surface area contributed by atoms with Gasteiger partial charge in [0.1, 0.15) is 5.60 Å². The molecule has 1 saturated heterocycles. The summed E-state index contributed by atoms with van der Waals surface area (Å²) in [6.07, 6.45) is 12.7. The van der Waals surface area contributed by atoms with Crippen LogP contribution in [0.3, 0.4) is 0 Å². The summed E-state index contributed by atoms with van der Waals surface area (Å²) in [7, 11) is 0. The SMILES string of the molecule is CC1=C(C(=O)NCCCN2CCN(C3CCCCC3)CC2)C2(CCCCC2)OC1=O. The van der Waals surface area contributed by atoms with Gasteiger partial charge < -0.3 is 15.0 Å². The van der Waals surface area contributed by atoms with Gasteiger partial charge in [0.25, 0.3) is 5.91 Å². The van der Waals surface area contributed by atoms with Crippen LogP contribution in [0.15, 0.2) is 11.1 Å². The fourth-order valence-electron chi connectivity index (χ4n) is 5.99. The largest absolute Gasteiger partial charge is 0.451 e. The molecular weight excluding hydrogens is 378 g/mol.